The van der Waals surface area contributed by atoms with Crippen molar-refractivity contribution in [2.75, 3.05) is 0 Å². The van der Waals surface area contributed by atoms with Gasteiger partial charge in [-0.15, -0.1) is 0 Å². The SMILES string of the molecule is CC(C)c1ccc(CNC(=O)CC(C)(C)C(=O)O)cc1. The van der Waals surface area contributed by atoms with Crippen LogP contribution in [0, 0.1) is 5.41 Å². The molecule has 0 spiro atoms. The summed E-state index contributed by atoms with van der Waals surface area (Å²) in [6, 6.07) is 8.07. The van der Waals surface area contributed by atoms with Crippen molar-refractivity contribution in [2.24, 2.45) is 5.41 Å². The van der Waals surface area contributed by atoms with Crippen LogP contribution in [0.2, 0.25) is 0 Å². The Morgan fingerprint density at radius 3 is 2.20 bits per heavy atom. The van der Waals surface area contributed by atoms with Gasteiger partial charge in [-0.25, -0.2) is 0 Å². The molecule has 4 nitrogen and oxygen atoms in total. The summed E-state index contributed by atoms with van der Waals surface area (Å²) in [5, 5.41) is 11.7. The molecule has 0 saturated carbocycles. The third-order valence-corrected chi connectivity index (χ3v) is 3.32. The minimum absolute atomic E-state index is 0.0214. The topological polar surface area (TPSA) is 66.4 Å². The lowest BCUT2D eigenvalue weighted by Gasteiger charge is -2.18. The third-order valence-electron chi connectivity index (χ3n) is 3.32. The van der Waals surface area contributed by atoms with Crippen molar-refractivity contribution in [1.29, 1.82) is 0 Å². The zero-order chi connectivity index (χ0) is 15.3. The van der Waals surface area contributed by atoms with Gasteiger partial charge in [-0.1, -0.05) is 38.1 Å². The van der Waals surface area contributed by atoms with Crippen LogP contribution >= 0.6 is 0 Å². The zero-order valence-corrected chi connectivity index (χ0v) is 12.6. The van der Waals surface area contributed by atoms with Gasteiger partial charge in [0.05, 0.1) is 5.41 Å². The van der Waals surface area contributed by atoms with Crippen LogP contribution in [0.15, 0.2) is 24.3 Å². The standard InChI is InChI=1S/C16H23NO3/c1-11(2)13-7-5-12(6-8-13)10-17-14(18)9-16(3,4)15(19)20/h5-8,11H,9-10H2,1-4H3,(H,17,18)(H,19,20). The highest BCUT2D eigenvalue weighted by Gasteiger charge is 2.29. The molecule has 0 aliphatic carbocycles. The number of hydrogen-bond acceptors (Lipinski definition) is 2. The fraction of sp³-hybridized carbons (Fsp3) is 0.500. The van der Waals surface area contributed by atoms with E-state index in [-0.39, 0.29) is 12.3 Å². The van der Waals surface area contributed by atoms with Crippen molar-refractivity contribution in [3.05, 3.63) is 35.4 Å². The number of carbonyl (C=O) groups is 2. The van der Waals surface area contributed by atoms with Crippen LogP contribution in [0.3, 0.4) is 0 Å². The smallest absolute Gasteiger partial charge is 0.309 e. The monoisotopic (exact) mass is 277 g/mol. The number of aliphatic carboxylic acids is 1. The summed E-state index contributed by atoms with van der Waals surface area (Å²) in [4.78, 5) is 22.7. The summed E-state index contributed by atoms with van der Waals surface area (Å²) in [5.74, 6) is -0.728. The molecule has 0 radical (unpaired) electrons. The molecule has 0 saturated heterocycles. The van der Waals surface area contributed by atoms with E-state index in [1.807, 2.05) is 24.3 Å². The van der Waals surface area contributed by atoms with Crippen molar-refractivity contribution in [2.45, 2.75) is 46.6 Å². The molecular weight excluding hydrogens is 254 g/mol. The second-order valence-corrected chi connectivity index (χ2v) is 6.04. The van der Waals surface area contributed by atoms with Crippen LogP contribution in [0.1, 0.15) is 51.2 Å². The van der Waals surface area contributed by atoms with Gasteiger partial charge in [-0.05, 0) is 30.9 Å². The van der Waals surface area contributed by atoms with Gasteiger partial charge in [0.15, 0.2) is 0 Å². The Balaban J connectivity index is 2.51. The number of rotatable bonds is 6. The number of hydrogen-bond donors (Lipinski definition) is 2. The van der Waals surface area contributed by atoms with E-state index in [1.54, 1.807) is 13.8 Å². The van der Waals surface area contributed by atoms with E-state index < -0.39 is 11.4 Å². The third kappa shape index (κ3) is 4.68. The quantitative estimate of drug-likeness (QED) is 0.840. The second-order valence-electron chi connectivity index (χ2n) is 6.04. The molecule has 0 aliphatic heterocycles. The number of benzene rings is 1. The van der Waals surface area contributed by atoms with Gasteiger partial charge in [-0.3, -0.25) is 9.59 Å². The Hall–Kier alpha value is -1.84. The first kappa shape index (κ1) is 16.2. The summed E-state index contributed by atoms with van der Waals surface area (Å²) < 4.78 is 0. The van der Waals surface area contributed by atoms with E-state index >= 15 is 0 Å². The van der Waals surface area contributed by atoms with Crippen molar-refractivity contribution in [1.82, 2.24) is 5.32 Å². The molecule has 0 unspecified atom stereocenters. The highest BCUT2D eigenvalue weighted by molar-refractivity contribution is 5.84. The van der Waals surface area contributed by atoms with E-state index in [0.29, 0.717) is 12.5 Å². The molecular formula is C16H23NO3. The zero-order valence-electron chi connectivity index (χ0n) is 12.6. The van der Waals surface area contributed by atoms with Crippen molar-refractivity contribution < 1.29 is 14.7 Å². The fourth-order valence-electron chi connectivity index (χ4n) is 1.76. The van der Waals surface area contributed by atoms with Gasteiger partial charge in [0.25, 0.3) is 0 Å². The number of carboxylic acids is 1. The summed E-state index contributed by atoms with van der Waals surface area (Å²) in [7, 11) is 0. The summed E-state index contributed by atoms with van der Waals surface area (Å²) in [6.45, 7) is 7.78. The van der Waals surface area contributed by atoms with Gasteiger partial charge < -0.3 is 10.4 Å². The Bertz CT molecular complexity index is 475. The molecule has 20 heavy (non-hydrogen) atoms. The van der Waals surface area contributed by atoms with E-state index in [2.05, 4.69) is 19.2 Å². The van der Waals surface area contributed by atoms with Gasteiger partial charge in [-0.2, -0.15) is 0 Å². The largest absolute Gasteiger partial charge is 0.481 e. The predicted molar refractivity (Wildman–Crippen MR) is 78.4 cm³/mol. The van der Waals surface area contributed by atoms with Crippen LogP contribution in [0.25, 0.3) is 0 Å². The highest BCUT2D eigenvalue weighted by atomic mass is 16.4. The molecule has 0 fully saturated rings. The van der Waals surface area contributed by atoms with Crippen molar-refractivity contribution >= 4 is 11.9 Å². The molecule has 0 aromatic heterocycles. The molecule has 1 aromatic carbocycles. The van der Waals surface area contributed by atoms with Crippen molar-refractivity contribution in [3.8, 4) is 0 Å². The Morgan fingerprint density at radius 1 is 1.20 bits per heavy atom. The molecule has 0 bridgehead atoms. The van der Waals surface area contributed by atoms with Gasteiger partial charge in [0.1, 0.15) is 0 Å². The summed E-state index contributed by atoms with van der Waals surface area (Å²) in [5.41, 5.74) is 1.23. The molecule has 0 heterocycles. The minimum atomic E-state index is -1.04. The van der Waals surface area contributed by atoms with Gasteiger partial charge in [0.2, 0.25) is 5.91 Å². The van der Waals surface area contributed by atoms with Crippen LogP contribution in [0.4, 0.5) is 0 Å². The maximum atomic E-state index is 11.7. The highest BCUT2D eigenvalue weighted by Crippen LogP contribution is 2.20. The maximum Gasteiger partial charge on any atom is 0.309 e. The lowest BCUT2D eigenvalue weighted by molar-refractivity contribution is -0.149. The molecule has 0 atom stereocenters. The van der Waals surface area contributed by atoms with Gasteiger partial charge in [0, 0.05) is 13.0 Å². The molecule has 2 N–H and O–H groups in total. The van der Waals surface area contributed by atoms with Crippen LogP contribution in [0.5, 0.6) is 0 Å². The fourth-order valence-corrected chi connectivity index (χ4v) is 1.76. The van der Waals surface area contributed by atoms with Crippen LogP contribution in [-0.4, -0.2) is 17.0 Å². The summed E-state index contributed by atoms with van der Waals surface area (Å²) >= 11 is 0. The normalized spacial score (nSPS) is 11.4. The van der Waals surface area contributed by atoms with Crippen LogP contribution in [-0.2, 0) is 16.1 Å². The lowest BCUT2D eigenvalue weighted by atomic mass is 9.89. The second kappa shape index (κ2) is 6.55. The maximum absolute atomic E-state index is 11.7. The van der Waals surface area contributed by atoms with E-state index in [1.165, 1.54) is 5.56 Å². The number of amides is 1. The Morgan fingerprint density at radius 2 is 1.75 bits per heavy atom. The lowest BCUT2D eigenvalue weighted by Crippen LogP contribution is -2.33. The summed E-state index contributed by atoms with van der Waals surface area (Å²) in [6.07, 6.45) is -0.0214. The molecule has 0 aliphatic rings. The average Bonchev–Trinajstić information content (AvgIpc) is 2.36. The van der Waals surface area contributed by atoms with E-state index in [0.717, 1.165) is 5.56 Å². The molecule has 1 rings (SSSR count). The molecule has 110 valence electrons. The first-order chi connectivity index (χ1) is 9.22. The van der Waals surface area contributed by atoms with Crippen molar-refractivity contribution in [3.63, 3.8) is 0 Å². The Labute approximate surface area is 120 Å². The first-order valence-corrected chi connectivity index (χ1v) is 6.81. The Kier molecular flexibility index (Phi) is 5.31. The first-order valence-electron chi connectivity index (χ1n) is 6.81. The number of carbonyl (C=O) groups excluding carboxylic acids is 1. The van der Waals surface area contributed by atoms with Crippen LogP contribution < -0.4 is 5.32 Å². The molecule has 4 heteroatoms. The van der Waals surface area contributed by atoms with E-state index in [4.69, 9.17) is 5.11 Å². The average molecular weight is 277 g/mol. The number of nitrogens with one attached hydrogen (secondary N) is 1. The number of carboxylic acid groups (broad SMARTS) is 1. The minimum Gasteiger partial charge on any atom is -0.481 e. The van der Waals surface area contributed by atoms with Gasteiger partial charge >= 0.3 is 5.97 Å². The van der Waals surface area contributed by atoms with E-state index in [9.17, 15) is 9.59 Å². The molecule has 1 aromatic rings. The molecule has 1 amide bonds. The predicted octanol–water partition coefficient (Wildman–Crippen LogP) is 2.93.